The Bertz CT molecular complexity index is 1550. The Morgan fingerprint density at radius 3 is 2.41 bits per heavy atom. The number of rotatable bonds is 4. The van der Waals surface area contributed by atoms with Crippen LogP contribution in [0.25, 0.3) is 27.9 Å². The monoisotopic (exact) mass is 519 g/mol. The minimum absolute atomic E-state index is 0.0124. The summed E-state index contributed by atoms with van der Waals surface area (Å²) >= 11 is 1.04. The molecule has 9 heteroatoms. The van der Waals surface area contributed by atoms with Gasteiger partial charge in [-0.05, 0) is 30.9 Å². The van der Waals surface area contributed by atoms with E-state index in [9.17, 15) is 14.4 Å². The van der Waals surface area contributed by atoms with E-state index in [2.05, 4.69) is 19.1 Å². The lowest BCUT2D eigenvalue weighted by Gasteiger charge is -2.47. The van der Waals surface area contributed by atoms with Crippen molar-refractivity contribution < 1.29 is 23.9 Å². The number of fused-ring (bicyclic) bond motifs is 6. The molecule has 1 aliphatic carbocycles. The van der Waals surface area contributed by atoms with E-state index in [0.717, 1.165) is 34.8 Å². The number of hydrogen-bond acceptors (Lipinski definition) is 7. The van der Waals surface area contributed by atoms with E-state index in [4.69, 9.17) is 14.5 Å². The number of pyridine rings is 1. The molecular weight excluding hydrogens is 490 g/mol. The van der Waals surface area contributed by atoms with Gasteiger partial charge in [0.15, 0.2) is 11.5 Å². The molecule has 0 saturated heterocycles. The number of carbonyl (C=O) groups is 3. The fraction of sp³-hybridized carbons (Fsp3) is 0.357. The maximum Gasteiger partial charge on any atom is 0.235 e. The summed E-state index contributed by atoms with van der Waals surface area (Å²) in [6.07, 6.45) is 10.9. The third-order valence-electron chi connectivity index (χ3n) is 7.54. The molecule has 0 N–H and O–H groups in total. The topological polar surface area (TPSA) is 90.7 Å². The fourth-order valence-electron chi connectivity index (χ4n) is 5.84. The zero-order valence-electron chi connectivity index (χ0n) is 21.7. The number of aromatic nitrogens is 2. The molecule has 37 heavy (non-hydrogen) atoms. The molecule has 3 aromatic rings. The minimum Gasteiger partial charge on any atom is -0.491 e. The first-order valence-electron chi connectivity index (χ1n) is 12.1. The van der Waals surface area contributed by atoms with E-state index >= 15 is 0 Å². The molecule has 0 spiro atoms. The van der Waals surface area contributed by atoms with Crippen LogP contribution in [0, 0.1) is 5.41 Å². The molecule has 192 valence electrons. The van der Waals surface area contributed by atoms with Gasteiger partial charge in [-0.1, -0.05) is 36.9 Å². The van der Waals surface area contributed by atoms with Crippen molar-refractivity contribution in [2.45, 2.75) is 33.2 Å². The van der Waals surface area contributed by atoms with Crippen molar-refractivity contribution in [2.24, 2.45) is 5.41 Å². The number of amides is 1. The zero-order chi connectivity index (χ0) is 26.6. The molecule has 2 aromatic heterocycles. The number of thioether (sulfide) groups is 1. The van der Waals surface area contributed by atoms with Crippen LogP contribution in [0.15, 0.2) is 30.4 Å². The molecule has 5 rings (SSSR count). The SMILES string of the molecule is CC[C@]12C=CCN(C(C)=O)[C@H]1c1cc3c(nc1C=C2)c(OC)c(OC)c1c3cc(C(=O)SC)n1C(C)=O. The predicted molar refractivity (Wildman–Crippen MR) is 146 cm³/mol. The molecule has 1 aliphatic heterocycles. The molecule has 0 bridgehead atoms. The molecule has 0 fully saturated rings. The molecule has 3 heterocycles. The number of methoxy groups -OCH3 is 2. The third-order valence-corrected chi connectivity index (χ3v) is 8.12. The highest BCUT2D eigenvalue weighted by Gasteiger charge is 2.44. The van der Waals surface area contributed by atoms with Gasteiger partial charge in [0.1, 0.15) is 16.7 Å². The molecule has 8 nitrogen and oxygen atoms in total. The Morgan fingerprint density at radius 2 is 1.81 bits per heavy atom. The lowest BCUT2D eigenvalue weighted by molar-refractivity contribution is -0.133. The second-order valence-electron chi connectivity index (χ2n) is 9.34. The number of benzene rings is 1. The van der Waals surface area contributed by atoms with Crippen LogP contribution in [0.4, 0.5) is 0 Å². The molecule has 0 unspecified atom stereocenters. The van der Waals surface area contributed by atoms with Crippen LogP contribution >= 0.6 is 11.8 Å². The Hall–Kier alpha value is -3.59. The minimum atomic E-state index is -0.354. The van der Waals surface area contributed by atoms with E-state index in [0.29, 0.717) is 34.5 Å². The second kappa shape index (κ2) is 9.06. The average molecular weight is 520 g/mol. The number of carbonyl (C=O) groups excluding carboxylic acids is 3. The number of hydrogen-bond donors (Lipinski definition) is 0. The Kier molecular flexibility index (Phi) is 6.14. The Morgan fingerprint density at radius 1 is 1.08 bits per heavy atom. The zero-order valence-corrected chi connectivity index (χ0v) is 22.6. The van der Waals surface area contributed by atoms with Crippen molar-refractivity contribution in [3.8, 4) is 11.5 Å². The standard InChI is InChI=1S/C28H29N3O5S/c1-7-28-10-8-12-30(15(2)32)26(28)19-13-17-18-14-21(27(34)37-6)31(16(3)33)23(18)25(36-5)24(35-4)22(17)29-20(19)9-11-28/h8-11,13-14,26H,7,12H2,1-6H3/t26-,28+/m0/s1. The molecule has 0 saturated carbocycles. The molecule has 2 atom stereocenters. The van der Waals surface area contributed by atoms with Crippen molar-refractivity contribution in [2.75, 3.05) is 27.0 Å². The number of ether oxygens (including phenoxy) is 2. The quantitative estimate of drug-likeness (QED) is 0.435. The van der Waals surface area contributed by atoms with Crippen LogP contribution in [-0.2, 0) is 4.79 Å². The van der Waals surface area contributed by atoms with Gasteiger partial charge in [-0.3, -0.25) is 19.0 Å². The summed E-state index contributed by atoms with van der Waals surface area (Å²) in [6.45, 7) is 5.63. The van der Waals surface area contributed by atoms with Crippen LogP contribution in [0.1, 0.15) is 59.8 Å². The van der Waals surface area contributed by atoms with Gasteiger partial charge in [-0.2, -0.15) is 0 Å². The van der Waals surface area contributed by atoms with Gasteiger partial charge in [0.05, 0.1) is 26.0 Å². The van der Waals surface area contributed by atoms with Crippen molar-refractivity contribution in [1.82, 2.24) is 14.5 Å². The first-order valence-corrected chi connectivity index (χ1v) is 13.3. The Balaban J connectivity index is 1.94. The van der Waals surface area contributed by atoms with E-state index in [1.165, 1.54) is 25.7 Å². The largest absolute Gasteiger partial charge is 0.491 e. The van der Waals surface area contributed by atoms with Crippen LogP contribution in [0.5, 0.6) is 11.5 Å². The summed E-state index contributed by atoms with van der Waals surface area (Å²) in [5, 5.41) is 1.15. The molecular formula is C28H29N3O5S. The van der Waals surface area contributed by atoms with Gasteiger partial charge < -0.3 is 14.4 Å². The molecule has 0 radical (unpaired) electrons. The predicted octanol–water partition coefficient (Wildman–Crippen LogP) is 5.25. The van der Waals surface area contributed by atoms with Crippen molar-refractivity contribution in [3.05, 3.63) is 47.3 Å². The van der Waals surface area contributed by atoms with E-state index in [1.807, 2.05) is 23.1 Å². The second-order valence-corrected chi connectivity index (χ2v) is 10.1. The highest BCUT2D eigenvalue weighted by molar-refractivity contribution is 8.13. The van der Waals surface area contributed by atoms with Crippen LogP contribution in [-0.4, -0.2) is 58.4 Å². The summed E-state index contributed by atoms with van der Waals surface area (Å²) in [7, 11) is 3.03. The van der Waals surface area contributed by atoms with Crippen LogP contribution < -0.4 is 9.47 Å². The summed E-state index contributed by atoms with van der Waals surface area (Å²) in [6, 6.07) is 3.53. The smallest absolute Gasteiger partial charge is 0.235 e. The summed E-state index contributed by atoms with van der Waals surface area (Å²) in [5.41, 5.74) is 2.58. The van der Waals surface area contributed by atoms with Gasteiger partial charge in [0.2, 0.25) is 16.9 Å². The first-order chi connectivity index (χ1) is 17.7. The number of nitrogens with zero attached hydrogens (tertiary/aromatic N) is 3. The lowest BCUT2D eigenvalue weighted by atomic mass is 9.68. The molecule has 2 aliphatic rings. The fourth-order valence-corrected chi connectivity index (χ4v) is 6.20. The highest BCUT2D eigenvalue weighted by Crippen LogP contribution is 2.52. The average Bonchev–Trinajstić information content (AvgIpc) is 3.31. The highest BCUT2D eigenvalue weighted by atomic mass is 32.2. The molecule has 1 amide bonds. The summed E-state index contributed by atoms with van der Waals surface area (Å²) < 4.78 is 12.9. The van der Waals surface area contributed by atoms with Crippen LogP contribution in [0.2, 0.25) is 0 Å². The normalized spacial score (nSPS) is 20.2. The maximum absolute atomic E-state index is 12.9. The maximum atomic E-state index is 12.9. The first kappa shape index (κ1) is 25.1. The van der Waals surface area contributed by atoms with E-state index < -0.39 is 0 Å². The van der Waals surface area contributed by atoms with E-state index in [-0.39, 0.29) is 34.1 Å². The summed E-state index contributed by atoms with van der Waals surface area (Å²) in [5.74, 6) is 0.387. The lowest BCUT2D eigenvalue weighted by Crippen LogP contribution is -2.46. The Labute approximate surface area is 219 Å². The van der Waals surface area contributed by atoms with Gasteiger partial charge >= 0.3 is 0 Å². The van der Waals surface area contributed by atoms with Crippen molar-refractivity contribution >= 4 is 56.6 Å². The summed E-state index contributed by atoms with van der Waals surface area (Å²) in [4.78, 5) is 45.3. The van der Waals surface area contributed by atoms with Gasteiger partial charge in [0.25, 0.3) is 0 Å². The van der Waals surface area contributed by atoms with Crippen molar-refractivity contribution in [3.63, 3.8) is 0 Å². The third kappa shape index (κ3) is 3.51. The van der Waals surface area contributed by atoms with Crippen molar-refractivity contribution in [1.29, 1.82) is 0 Å². The molecule has 1 aromatic carbocycles. The van der Waals surface area contributed by atoms with Gasteiger partial charge in [-0.15, -0.1) is 0 Å². The van der Waals surface area contributed by atoms with Gasteiger partial charge in [0, 0.05) is 42.1 Å². The van der Waals surface area contributed by atoms with Gasteiger partial charge in [-0.25, -0.2) is 4.98 Å². The van der Waals surface area contributed by atoms with E-state index in [1.54, 1.807) is 19.2 Å². The van der Waals surface area contributed by atoms with Crippen LogP contribution in [0.3, 0.4) is 0 Å².